The van der Waals surface area contributed by atoms with E-state index in [2.05, 4.69) is 4.90 Å². The van der Waals surface area contributed by atoms with E-state index in [0.29, 0.717) is 0 Å². The number of hydrogen-bond acceptors (Lipinski definition) is 5. The van der Waals surface area contributed by atoms with Crippen LogP contribution in [-0.4, -0.2) is 55.2 Å². The first-order valence-corrected chi connectivity index (χ1v) is 11.0. The minimum Gasteiger partial charge on any atom is -0.379 e. The quantitative estimate of drug-likeness (QED) is 0.657. The maximum atomic E-state index is 13.1. The van der Waals surface area contributed by atoms with Crippen molar-refractivity contribution in [3.63, 3.8) is 0 Å². The molecule has 0 unspecified atom stereocenters. The zero-order valence-corrected chi connectivity index (χ0v) is 18.5. The van der Waals surface area contributed by atoms with E-state index in [1.165, 1.54) is 0 Å². The lowest BCUT2D eigenvalue weighted by Gasteiger charge is -2.31. The highest BCUT2D eigenvalue weighted by molar-refractivity contribution is 7.22. The van der Waals surface area contributed by atoms with E-state index in [1.807, 2.05) is 24.0 Å². The standard InChI is InChI=1S/C20H26ClN3O2S.ClH/c1-14-16(21)6-7-17-18(14)22-20(27-17)24(19(25)15-4-2-5-15)9-3-8-23-10-12-26-13-11-23;/h6-7,15H,2-5,8-13H2,1H3;1H. The second kappa shape index (κ2) is 9.72. The number of amides is 1. The van der Waals surface area contributed by atoms with Crippen molar-refractivity contribution in [3.05, 3.63) is 22.7 Å². The Morgan fingerprint density at radius 1 is 1.36 bits per heavy atom. The number of nitrogens with zero attached hydrogens (tertiary/aromatic N) is 3. The van der Waals surface area contributed by atoms with Gasteiger partial charge in [0.2, 0.25) is 5.91 Å². The summed E-state index contributed by atoms with van der Waals surface area (Å²) >= 11 is 7.86. The van der Waals surface area contributed by atoms with E-state index in [1.54, 1.807) is 11.3 Å². The van der Waals surface area contributed by atoms with Crippen molar-refractivity contribution in [1.82, 2.24) is 9.88 Å². The van der Waals surface area contributed by atoms with Gasteiger partial charge in [-0.3, -0.25) is 14.6 Å². The molecule has 0 bridgehead atoms. The molecule has 5 nitrogen and oxygen atoms in total. The molecule has 4 rings (SSSR count). The van der Waals surface area contributed by atoms with Crippen LogP contribution in [0.3, 0.4) is 0 Å². The number of rotatable bonds is 6. The van der Waals surface area contributed by atoms with Gasteiger partial charge >= 0.3 is 0 Å². The first-order valence-electron chi connectivity index (χ1n) is 9.80. The molecule has 1 aliphatic carbocycles. The fourth-order valence-corrected chi connectivity index (χ4v) is 4.87. The normalized spacial score (nSPS) is 17.9. The highest BCUT2D eigenvalue weighted by atomic mass is 35.5. The fraction of sp³-hybridized carbons (Fsp3) is 0.600. The summed E-state index contributed by atoms with van der Waals surface area (Å²) in [5.74, 6) is 0.413. The van der Waals surface area contributed by atoms with Gasteiger partial charge in [0.05, 0.1) is 23.4 Å². The molecule has 2 heterocycles. The Kier molecular flexibility index (Phi) is 7.56. The van der Waals surface area contributed by atoms with E-state index >= 15 is 0 Å². The van der Waals surface area contributed by atoms with Gasteiger partial charge in [0.25, 0.3) is 0 Å². The van der Waals surface area contributed by atoms with Gasteiger partial charge in [-0.25, -0.2) is 4.98 Å². The molecule has 0 atom stereocenters. The predicted molar refractivity (Wildman–Crippen MR) is 118 cm³/mol. The van der Waals surface area contributed by atoms with Gasteiger partial charge in [-0.15, -0.1) is 12.4 Å². The molecule has 1 amide bonds. The highest BCUT2D eigenvalue weighted by Crippen LogP contribution is 2.36. The molecule has 2 aliphatic rings. The molecule has 0 N–H and O–H groups in total. The van der Waals surface area contributed by atoms with E-state index in [0.717, 1.165) is 91.0 Å². The lowest BCUT2D eigenvalue weighted by Crippen LogP contribution is -2.42. The zero-order valence-electron chi connectivity index (χ0n) is 16.2. The van der Waals surface area contributed by atoms with Crippen LogP contribution in [0.25, 0.3) is 10.2 Å². The van der Waals surface area contributed by atoms with Crippen molar-refractivity contribution >= 4 is 56.6 Å². The maximum Gasteiger partial charge on any atom is 0.231 e. The first kappa shape index (κ1) is 21.8. The van der Waals surface area contributed by atoms with Crippen LogP contribution in [0.5, 0.6) is 0 Å². The third kappa shape index (κ3) is 4.62. The molecule has 1 aromatic carbocycles. The number of carbonyl (C=O) groups is 1. The van der Waals surface area contributed by atoms with Crippen LogP contribution in [-0.2, 0) is 9.53 Å². The van der Waals surface area contributed by atoms with Crippen LogP contribution in [0.15, 0.2) is 12.1 Å². The minimum absolute atomic E-state index is 0. The Hall–Kier alpha value is -0.920. The monoisotopic (exact) mass is 443 g/mol. The van der Waals surface area contributed by atoms with Crippen LogP contribution in [0.1, 0.15) is 31.2 Å². The Bertz CT molecular complexity index is 819. The van der Waals surface area contributed by atoms with Crippen LogP contribution in [0.4, 0.5) is 5.13 Å². The molecule has 0 spiro atoms. The SMILES string of the molecule is Cc1c(Cl)ccc2sc(N(CCCN3CCOCC3)C(=O)C3CCC3)nc12.Cl. The summed E-state index contributed by atoms with van der Waals surface area (Å²) in [5.41, 5.74) is 1.91. The molecule has 154 valence electrons. The molecule has 1 saturated carbocycles. The number of morpholine rings is 1. The number of halogens is 2. The molecule has 2 aromatic rings. The van der Waals surface area contributed by atoms with Crippen LogP contribution >= 0.6 is 35.3 Å². The average molecular weight is 444 g/mol. The zero-order chi connectivity index (χ0) is 18.8. The number of thiazole rings is 1. The van der Waals surface area contributed by atoms with Crippen molar-refractivity contribution in [2.75, 3.05) is 44.3 Å². The van der Waals surface area contributed by atoms with Crippen LogP contribution in [0.2, 0.25) is 5.02 Å². The number of benzene rings is 1. The Morgan fingerprint density at radius 3 is 2.79 bits per heavy atom. The summed E-state index contributed by atoms with van der Waals surface area (Å²) in [6.07, 6.45) is 4.13. The highest BCUT2D eigenvalue weighted by Gasteiger charge is 2.31. The summed E-state index contributed by atoms with van der Waals surface area (Å²) in [6.45, 7) is 7.29. The Labute approximate surface area is 181 Å². The summed E-state index contributed by atoms with van der Waals surface area (Å²) < 4.78 is 6.51. The summed E-state index contributed by atoms with van der Waals surface area (Å²) in [5, 5.41) is 1.54. The first-order chi connectivity index (χ1) is 13.1. The van der Waals surface area contributed by atoms with Gasteiger partial charge in [0.1, 0.15) is 0 Å². The van der Waals surface area contributed by atoms with Gasteiger partial charge in [0, 0.05) is 37.1 Å². The Balaban J connectivity index is 0.00000225. The van der Waals surface area contributed by atoms with Gasteiger partial charge in [-0.2, -0.15) is 0 Å². The molecule has 1 saturated heterocycles. The van der Waals surface area contributed by atoms with E-state index in [4.69, 9.17) is 21.3 Å². The van der Waals surface area contributed by atoms with Gasteiger partial charge < -0.3 is 4.74 Å². The average Bonchev–Trinajstić information content (AvgIpc) is 3.06. The largest absolute Gasteiger partial charge is 0.379 e. The molecule has 1 aliphatic heterocycles. The predicted octanol–water partition coefficient (Wildman–Crippen LogP) is 4.54. The maximum absolute atomic E-state index is 13.1. The Morgan fingerprint density at radius 2 is 2.11 bits per heavy atom. The number of carbonyl (C=O) groups excluding carboxylic acids is 1. The molecule has 2 fully saturated rings. The number of aromatic nitrogens is 1. The van der Waals surface area contributed by atoms with Crippen molar-refractivity contribution in [2.24, 2.45) is 5.92 Å². The van der Waals surface area contributed by atoms with Crippen LogP contribution in [0, 0.1) is 12.8 Å². The van der Waals surface area contributed by atoms with Gasteiger partial charge in [-0.05, 0) is 43.9 Å². The van der Waals surface area contributed by atoms with Gasteiger partial charge in [-0.1, -0.05) is 29.4 Å². The smallest absolute Gasteiger partial charge is 0.231 e. The number of anilines is 1. The second-order valence-corrected chi connectivity index (χ2v) is 8.86. The van der Waals surface area contributed by atoms with Crippen molar-refractivity contribution in [1.29, 1.82) is 0 Å². The second-order valence-electron chi connectivity index (χ2n) is 7.44. The molecule has 8 heteroatoms. The molecule has 1 aromatic heterocycles. The lowest BCUT2D eigenvalue weighted by molar-refractivity contribution is -0.124. The third-order valence-corrected chi connectivity index (χ3v) is 7.10. The number of fused-ring (bicyclic) bond motifs is 1. The van der Waals surface area contributed by atoms with Crippen LogP contribution < -0.4 is 4.90 Å². The molecule has 28 heavy (non-hydrogen) atoms. The van der Waals surface area contributed by atoms with E-state index < -0.39 is 0 Å². The molecule has 0 radical (unpaired) electrons. The lowest BCUT2D eigenvalue weighted by atomic mass is 9.84. The third-order valence-electron chi connectivity index (χ3n) is 5.65. The number of aryl methyl sites for hydroxylation is 1. The number of hydrogen-bond donors (Lipinski definition) is 0. The minimum atomic E-state index is 0. The van der Waals surface area contributed by atoms with Crippen molar-refractivity contribution in [3.8, 4) is 0 Å². The van der Waals surface area contributed by atoms with Crippen molar-refractivity contribution in [2.45, 2.75) is 32.6 Å². The van der Waals surface area contributed by atoms with Crippen molar-refractivity contribution < 1.29 is 9.53 Å². The summed E-state index contributed by atoms with van der Waals surface area (Å²) in [7, 11) is 0. The fourth-order valence-electron chi connectivity index (χ4n) is 3.66. The van der Waals surface area contributed by atoms with E-state index in [9.17, 15) is 4.79 Å². The molecular formula is C20H27Cl2N3O2S. The topological polar surface area (TPSA) is 45.7 Å². The summed E-state index contributed by atoms with van der Waals surface area (Å²) in [6, 6.07) is 3.92. The van der Waals surface area contributed by atoms with E-state index in [-0.39, 0.29) is 24.2 Å². The van der Waals surface area contributed by atoms with Gasteiger partial charge in [0.15, 0.2) is 5.13 Å². The number of ether oxygens (including phenoxy) is 1. The molecular weight excluding hydrogens is 417 g/mol. The summed E-state index contributed by atoms with van der Waals surface area (Å²) in [4.78, 5) is 22.2.